The molecule has 1 aliphatic rings. The molecule has 1 aromatic heterocycles. The first-order valence-corrected chi connectivity index (χ1v) is 7.77. The molecule has 100 valence electrons. The van der Waals surface area contributed by atoms with Crippen molar-refractivity contribution < 1.29 is 0 Å². The Morgan fingerprint density at radius 2 is 1.95 bits per heavy atom. The molecule has 1 aliphatic heterocycles. The van der Waals surface area contributed by atoms with Crippen LogP contribution in [0.1, 0.15) is 12.8 Å². The summed E-state index contributed by atoms with van der Waals surface area (Å²) in [5.74, 6) is 3.45. The van der Waals surface area contributed by atoms with Gasteiger partial charge in [0.15, 0.2) is 5.82 Å². The largest absolute Gasteiger partial charge is 0.382 e. The van der Waals surface area contributed by atoms with Gasteiger partial charge in [0, 0.05) is 24.3 Å². The summed E-state index contributed by atoms with van der Waals surface area (Å²) in [5, 5.41) is 11.6. The fourth-order valence-corrected chi connectivity index (χ4v) is 3.44. The Balaban J connectivity index is 1.70. The summed E-state index contributed by atoms with van der Waals surface area (Å²) >= 11 is 2.05. The highest BCUT2D eigenvalue weighted by atomic mass is 32.2. The molecule has 5 heteroatoms. The van der Waals surface area contributed by atoms with Crippen LogP contribution in [0.15, 0.2) is 30.6 Å². The molecule has 0 saturated carbocycles. The third-order valence-electron chi connectivity index (χ3n) is 3.45. The molecule has 4 nitrogen and oxygen atoms in total. The van der Waals surface area contributed by atoms with Gasteiger partial charge in [-0.25, -0.2) is 0 Å². The van der Waals surface area contributed by atoms with Crippen LogP contribution < -0.4 is 5.32 Å². The minimum Gasteiger partial charge on any atom is -0.382 e. The van der Waals surface area contributed by atoms with Crippen molar-refractivity contribution in [2.45, 2.75) is 18.9 Å². The van der Waals surface area contributed by atoms with Gasteiger partial charge in [-0.1, -0.05) is 0 Å². The van der Waals surface area contributed by atoms with Crippen LogP contribution in [0.2, 0.25) is 0 Å². The molecule has 0 bridgehead atoms. The highest BCUT2D eigenvalue weighted by molar-refractivity contribution is 7.99. The van der Waals surface area contributed by atoms with Gasteiger partial charge < -0.3 is 9.88 Å². The Kier molecular flexibility index (Phi) is 3.73. The molecule has 0 atom stereocenters. The number of hydrogen-bond acceptors (Lipinski definition) is 4. The van der Waals surface area contributed by atoms with Crippen molar-refractivity contribution in [3.8, 4) is 11.4 Å². The number of thioether (sulfide) groups is 1. The van der Waals surface area contributed by atoms with Gasteiger partial charge in [0.25, 0.3) is 0 Å². The molecule has 0 radical (unpaired) electrons. The zero-order valence-corrected chi connectivity index (χ0v) is 11.9. The maximum Gasteiger partial charge on any atom is 0.163 e. The Labute approximate surface area is 117 Å². The summed E-state index contributed by atoms with van der Waals surface area (Å²) in [6, 6.07) is 9.09. The number of aryl methyl sites for hydroxylation is 1. The van der Waals surface area contributed by atoms with E-state index in [0.717, 1.165) is 11.4 Å². The number of aromatic nitrogens is 3. The van der Waals surface area contributed by atoms with E-state index in [4.69, 9.17) is 0 Å². The van der Waals surface area contributed by atoms with Crippen molar-refractivity contribution in [1.29, 1.82) is 0 Å². The smallest absolute Gasteiger partial charge is 0.163 e. The molecule has 1 N–H and O–H groups in total. The second kappa shape index (κ2) is 5.65. The minimum atomic E-state index is 0.627. The third kappa shape index (κ3) is 2.92. The molecule has 3 rings (SSSR count). The van der Waals surface area contributed by atoms with Gasteiger partial charge in [-0.3, -0.25) is 0 Å². The summed E-state index contributed by atoms with van der Waals surface area (Å²) in [6.45, 7) is 0. The highest BCUT2D eigenvalue weighted by Gasteiger charge is 2.13. The topological polar surface area (TPSA) is 42.7 Å². The number of nitrogens with zero attached hydrogens (tertiary/aromatic N) is 3. The van der Waals surface area contributed by atoms with E-state index < -0.39 is 0 Å². The fourth-order valence-electron chi connectivity index (χ4n) is 2.34. The van der Waals surface area contributed by atoms with Crippen LogP contribution in [0.4, 0.5) is 5.69 Å². The van der Waals surface area contributed by atoms with Crippen molar-refractivity contribution >= 4 is 17.4 Å². The Hall–Kier alpha value is -1.49. The van der Waals surface area contributed by atoms with Gasteiger partial charge in [0.05, 0.1) is 0 Å². The molecule has 19 heavy (non-hydrogen) atoms. The molecule has 1 aromatic carbocycles. The standard InChI is InChI=1S/C14H18N4S/c1-18-10-15-17-14(18)11-2-4-12(5-3-11)16-13-6-8-19-9-7-13/h2-5,10,13,16H,6-9H2,1H3. The van der Waals surface area contributed by atoms with Crippen LogP contribution in [0.25, 0.3) is 11.4 Å². The first-order chi connectivity index (χ1) is 9.33. The van der Waals surface area contributed by atoms with E-state index in [1.165, 1.54) is 30.0 Å². The van der Waals surface area contributed by atoms with Crippen molar-refractivity contribution in [3.05, 3.63) is 30.6 Å². The van der Waals surface area contributed by atoms with Gasteiger partial charge in [-0.05, 0) is 48.6 Å². The Morgan fingerprint density at radius 3 is 2.58 bits per heavy atom. The van der Waals surface area contributed by atoms with Crippen LogP contribution in [0.5, 0.6) is 0 Å². The van der Waals surface area contributed by atoms with Gasteiger partial charge in [-0.2, -0.15) is 11.8 Å². The molecular formula is C14H18N4S. The summed E-state index contributed by atoms with van der Waals surface area (Å²) in [5.41, 5.74) is 2.30. The van der Waals surface area contributed by atoms with Crippen molar-refractivity contribution in [3.63, 3.8) is 0 Å². The fraction of sp³-hybridized carbons (Fsp3) is 0.429. The lowest BCUT2D eigenvalue weighted by molar-refractivity contribution is 0.667. The van der Waals surface area contributed by atoms with Gasteiger partial charge in [0.2, 0.25) is 0 Å². The molecule has 1 fully saturated rings. The highest BCUT2D eigenvalue weighted by Crippen LogP contribution is 2.23. The van der Waals surface area contributed by atoms with Crippen LogP contribution in [0.3, 0.4) is 0 Å². The summed E-state index contributed by atoms with van der Waals surface area (Å²) in [6.07, 6.45) is 4.24. The van der Waals surface area contributed by atoms with Crippen molar-refractivity contribution in [1.82, 2.24) is 14.8 Å². The predicted molar refractivity (Wildman–Crippen MR) is 80.4 cm³/mol. The lowest BCUT2D eigenvalue weighted by Crippen LogP contribution is -2.24. The maximum absolute atomic E-state index is 4.12. The summed E-state index contributed by atoms with van der Waals surface area (Å²) in [4.78, 5) is 0. The summed E-state index contributed by atoms with van der Waals surface area (Å²) in [7, 11) is 1.96. The van der Waals surface area contributed by atoms with Gasteiger partial charge in [-0.15, -0.1) is 10.2 Å². The van der Waals surface area contributed by atoms with E-state index in [9.17, 15) is 0 Å². The number of nitrogens with one attached hydrogen (secondary N) is 1. The third-order valence-corrected chi connectivity index (χ3v) is 4.50. The molecule has 0 aliphatic carbocycles. The van der Waals surface area contributed by atoms with Crippen LogP contribution >= 0.6 is 11.8 Å². The number of rotatable bonds is 3. The van der Waals surface area contributed by atoms with Gasteiger partial charge >= 0.3 is 0 Å². The molecule has 0 spiro atoms. The average molecular weight is 274 g/mol. The minimum absolute atomic E-state index is 0.627. The predicted octanol–water partition coefficient (Wildman–Crippen LogP) is 2.79. The lowest BCUT2D eigenvalue weighted by atomic mass is 10.1. The molecule has 2 heterocycles. The number of benzene rings is 1. The second-order valence-corrected chi connectivity index (χ2v) is 6.10. The van der Waals surface area contributed by atoms with E-state index in [1.54, 1.807) is 6.33 Å². The van der Waals surface area contributed by atoms with Crippen LogP contribution in [-0.4, -0.2) is 32.3 Å². The lowest BCUT2D eigenvalue weighted by Gasteiger charge is -2.23. The first-order valence-electron chi connectivity index (χ1n) is 6.61. The number of hydrogen-bond donors (Lipinski definition) is 1. The first kappa shape index (κ1) is 12.5. The molecule has 0 amide bonds. The normalized spacial score (nSPS) is 16.5. The van der Waals surface area contributed by atoms with Crippen LogP contribution in [-0.2, 0) is 7.05 Å². The van der Waals surface area contributed by atoms with Crippen LogP contribution in [0, 0.1) is 0 Å². The van der Waals surface area contributed by atoms with Gasteiger partial charge in [0.1, 0.15) is 6.33 Å². The zero-order valence-electron chi connectivity index (χ0n) is 11.0. The monoisotopic (exact) mass is 274 g/mol. The Bertz CT molecular complexity index is 529. The molecule has 1 saturated heterocycles. The van der Waals surface area contributed by atoms with Crippen molar-refractivity contribution in [2.75, 3.05) is 16.8 Å². The van der Waals surface area contributed by atoms with E-state index in [1.807, 2.05) is 11.6 Å². The SMILES string of the molecule is Cn1cnnc1-c1ccc(NC2CCSCC2)cc1. The molecular weight excluding hydrogens is 256 g/mol. The number of anilines is 1. The van der Waals surface area contributed by atoms with E-state index in [2.05, 4.69) is 51.5 Å². The molecule has 0 unspecified atom stereocenters. The van der Waals surface area contributed by atoms with E-state index in [-0.39, 0.29) is 0 Å². The van der Waals surface area contributed by atoms with Crippen molar-refractivity contribution in [2.24, 2.45) is 7.05 Å². The van der Waals surface area contributed by atoms with E-state index >= 15 is 0 Å². The zero-order chi connectivity index (χ0) is 13.1. The van der Waals surface area contributed by atoms with E-state index in [0.29, 0.717) is 6.04 Å². The average Bonchev–Trinajstić information content (AvgIpc) is 2.87. The quantitative estimate of drug-likeness (QED) is 0.934. The maximum atomic E-state index is 4.12. The second-order valence-electron chi connectivity index (χ2n) is 4.87. The summed E-state index contributed by atoms with van der Waals surface area (Å²) < 4.78 is 1.93. The Morgan fingerprint density at radius 1 is 1.21 bits per heavy atom. The molecule has 2 aromatic rings.